The van der Waals surface area contributed by atoms with Crippen LogP contribution >= 0.6 is 0 Å². The first kappa shape index (κ1) is 13.9. The highest BCUT2D eigenvalue weighted by atomic mass is 16.5. The topological polar surface area (TPSA) is 33.3 Å². The van der Waals surface area contributed by atoms with Crippen LogP contribution in [-0.2, 0) is 4.74 Å². The van der Waals surface area contributed by atoms with Gasteiger partial charge in [-0.2, -0.15) is 0 Å². The Morgan fingerprint density at radius 3 is 2.75 bits per heavy atom. The fourth-order valence-corrected chi connectivity index (χ4v) is 2.25. The van der Waals surface area contributed by atoms with Gasteiger partial charge in [0.05, 0.1) is 0 Å². The summed E-state index contributed by atoms with van der Waals surface area (Å²) in [6.07, 6.45) is 3.71. The Labute approximate surface area is 100 Å². The van der Waals surface area contributed by atoms with Crippen LogP contribution in [0.5, 0.6) is 0 Å². The highest BCUT2D eigenvalue weighted by Crippen LogP contribution is 2.20. The van der Waals surface area contributed by atoms with E-state index in [-0.39, 0.29) is 0 Å². The Bertz CT molecular complexity index is 198. The second-order valence-electron chi connectivity index (χ2n) is 6.10. The molecule has 96 valence electrons. The fraction of sp³-hybridized carbons (Fsp3) is 1.00. The molecule has 1 aliphatic rings. The highest BCUT2D eigenvalue weighted by Gasteiger charge is 2.28. The number of methoxy groups -OCH3 is 1. The van der Waals surface area contributed by atoms with Crippen molar-refractivity contribution in [2.45, 2.75) is 45.6 Å². The first-order chi connectivity index (χ1) is 7.47. The molecule has 16 heavy (non-hydrogen) atoms. The van der Waals surface area contributed by atoms with E-state index >= 15 is 0 Å². The molecule has 1 heterocycles. The van der Waals surface area contributed by atoms with E-state index in [1.54, 1.807) is 7.11 Å². The van der Waals surface area contributed by atoms with Crippen LogP contribution in [0.4, 0.5) is 0 Å². The molecule has 3 heteroatoms. The Hall–Kier alpha value is -0.120. The summed E-state index contributed by atoms with van der Waals surface area (Å²) in [5.74, 6) is 0. The SMILES string of the molecule is COCCC(C)(C)CNCC1(C)CCCN1. The summed E-state index contributed by atoms with van der Waals surface area (Å²) in [4.78, 5) is 0. The lowest BCUT2D eigenvalue weighted by Crippen LogP contribution is -2.47. The lowest BCUT2D eigenvalue weighted by molar-refractivity contribution is 0.149. The van der Waals surface area contributed by atoms with Crippen LogP contribution in [-0.4, -0.2) is 38.9 Å². The van der Waals surface area contributed by atoms with Crippen molar-refractivity contribution in [1.29, 1.82) is 0 Å². The third kappa shape index (κ3) is 4.81. The summed E-state index contributed by atoms with van der Waals surface area (Å²) in [7, 11) is 1.77. The van der Waals surface area contributed by atoms with Gasteiger partial charge in [-0.15, -0.1) is 0 Å². The van der Waals surface area contributed by atoms with E-state index in [0.717, 1.165) is 26.1 Å². The van der Waals surface area contributed by atoms with Crippen molar-refractivity contribution >= 4 is 0 Å². The molecule has 0 radical (unpaired) electrons. The van der Waals surface area contributed by atoms with Gasteiger partial charge in [0.1, 0.15) is 0 Å². The van der Waals surface area contributed by atoms with Gasteiger partial charge in [0.25, 0.3) is 0 Å². The standard InChI is InChI=1S/C13H28N2O/c1-12(2,7-9-16-4)10-14-11-13(3)6-5-8-15-13/h14-15H,5-11H2,1-4H3. The van der Waals surface area contributed by atoms with Crippen LogP contribution in [0.1, 0.15) is 40.0 Å². The van der Waals surface area contributed by atoms with Crippen molar-refractivity contribution in [2.75, 3.05) is 33.4 Å². The molecule has 1 fully saturated rings. The van der Waals surface area contributed by atoms with Crippen LogP contribution in [0.15, 0.2) is 0 Å². The summed E-state index contributed by atoms with van der Waals surface area (Å²) in [5, 5.41) is 7.17. The maximum Gasteiger partial charge on any atom is 0.0467 e. The second kappa shape index (κ2) is 5.99. The lowest BCUT2D eigenvalue weighted by Gasteiger charge is -2.29. The molecule has 0 bridgehead atoms. The molecular formula is C13H28N2O. The Kier molecular flexibility index (Phi) is 5.22. The van der Waals surface area contributed by atoms with Gasteiger partial charge in [0, 0.05) is 32.3 Å². The molecule has 1 aliphatic heterocycles. The molecule has 1 unspecified atom stereocenters. The molecule has 0 spiro atoms. The average Bonchev–Trinajstić information content (AvgIpc) is 2.62. The van der Waals surface area contributed by atoms with Crippen molar-refractivity contribution in [1.82, 2.24) is 10.6 Å². The number of hydrogen-bond donors (Lipinski definition) is 2. The maximum absolute atomic E-state index is 5.14. The minimum absolute atomic E-state index is 0.317. The minimum Gasteiger partial charge on any atom is -0.385 e. The molecule has 0 saturated carbocycles. The van der Waals surface area contributed by atoms with Crippen molar-refractivity contribution in [3.63, 3.8) is 0 Å². The first-order valence-corrected chi connectivity index (χ1v) is 6.42. The van der Waals surface area contributed by atoms with E-state index in [1.165, 1.54) is 19.4 Å². The first-order valence-electron chi connectivity index (χ1n) is 6.42. The van der Waals surface area contributed by atoms with E-state index in [0.29, 0.717) is 11.0 Å². The smallest absolute Gasteiger partial charge is 0.0467 e. The number of rotatable bonds is 7. The summed E-state index contributed by atoms with van der Waals surface area (Å²) in [6, 6.07) is 0. The van der Waals surface area contributed by atoms with Crippen LogP contribution in [0.2, 0.25) is 0 Å². The van der Waals surface area contributed by atoms with E-state index in [9.17, 15) is 0 Å². The predicted molar refractivity (Wildman–Crippen MR) is 68.8 cm³/mol. The van der Waals surface area contributed by atoms with Crippen LogP contribution < -0.4 is 10.6 Å². The zero-order valence-corrected chi connectivity index (χ0v) is 11.4. The Morgan fingerprint density at radius 2 is 2.19 bits per heavy atom. The van der Waals surface area contributed by atoms with Crippen molar-refractivity contribution < 1.29 is 4.74 Å². The molecule has 1 saturated heterocycles. The van der Waals surface area contributed by atoms with Crippen molar-refractivity contribution in [3.05, 3.63) is 0 Å². The molecule has 2 N–H and O–H groups in total. The number of nitrogens with one attached hydrogen (secondary N) is 2. The third-order valence-electron chi connectivity index (χ3n) is 3.56. The summed E-state index contributed by atoms with van der Waals surface area (Å²) >= 11 is 0. The maximum atomic E-state index is 5.14. The molecule has 3 nitrogen and oxygen atoms in total. The monoisotopic (exact) mass is 228 g/mol. The van der Waals surface area contributed by atoms with Gasteiger partial charge in [0.2, 0.25) is 0 Å². The molecular weight excluding hydrogens is 200 g/mol. The second-order valence-corrected chi connectivity index (χ2v) is 6.10. The quantitative estimate of drug-likeness (QED) is 0.697. The third-order valence-corrected chi connectivity index (χ3v) is 3.56. The van der Waals surface area contributed by atoms with E-state index in [4.69, 9.17) is 4.74 Å². The van der Waals surface area contributed by atoms with Gasteiger partial charge in [-0.1, -0.05) is 13.8 Å². The van der Waals surface area contributed by atoms with Crippen molar-refractivity contribution in [3.8, 4) is 0 Å². The van der Waals surface area contributed by atoms with Gasteiger partial charge < -0.3 is 15.4 Å². The van der Waals surface area contributed by atoms with E-state index in [1.807, 2.05) is 0 Å². The zero-order chi connectivity index (χ0) is 12.1. The largest absolute Gasteiger partial charge is 0.385 e. The van der Waals surface area contributed by atoms with E-state index < -0.39 is 0 Å². The molecule has 1 rings (SSSR count). The lowest BCUT2D eigenvalue weighted by atomic mass is 9.89. The van der Waals surface area contributed by atoms with E-state index in [2.05, 4.69) is 31.4 Å². The number of hydrogen-bond acceptors (Lipinski definition) is 3. The fourth-order valence-electron chi connectivity index (χ4n) is 2.25. The average molecular weight is 228 g/mol. The van der Waals surface area contributed by atoms with Crippen molar-refractivity contribution in [2.24, 2.45) is 5.41 Å². The minimum atomic E-state index is 0.317. The zero-order valence-electron chi connectivity index (χ0n) is 11.4. The summed E-state index contributed by atoms with van der Waals surface area (Å²) in [5.41, 5.74) is 0.641. The van der Waals surface area contributed by atoms with Crippen LogP contribution in [0.25, 0.3) is 0 Å². The Balaban J connectivity index is 2.18. The molecule has 0 aromatic carbocycles. The molecule has 0 aromatic rings. The van der Waals surface area contributed by atoms with Gasteiger partial charge in [-0.3, -0.25) is 0 Å². The molecule has 1 atom stereocenters. The van der Waals surface area contributed by atoms with Gasteiger partial charge in [0.15, 0.2) is 0 Å². The van der Waals surface area contributed by atoms with Gasteiger partial charge >= 0.3 is 0 Å². The normalized spacial score (nSPS) is 26.2. The molecule has 0 aromatic heterocycles. The molecule has 0 aliphatic carbocycles. The van der Waals surface area contributed by atoms with Gasteiger partial charge in [-0.25, -0.2) is 0 Å². The Morgan fingerprint density at radius 1 is 1.44 bits per heavy atom. The highest BCUT2D eigenvalue weighted by molar-refractivity contribution is 4.91. The van der Waals surface area contributed by atoms with Crippen LogP contribution in [0.3, 0.4) is 0 Å². The van der Waals surface area contributed by atoms with Gasteiger partial charge in [-0.05, 0) is 38.1 Å². The molecule has 0 amide bonds. The summed E-state index contributed by atoms with van der Waals surface area (Å²) < 4.78 is 5.14. The summed E-state index contributed by atoms with van der Waals surface area (Å²) in [6.45, 7) is 11.1. The van der Waals surface area contributed by atoms with Crippen LogP contribution in [0, 0.1) is 5.41 Å². The number of ether oxygens (including phenoxy) is 1. The predicted octanol–water partition coefficient (Wildman–Crippen LogP) is 1.78.